The molecule has 0 aromatic heterocycles. The van der Waals surface area contributed by atoms with E-state index in [0.717, 1.165) is 5.56 Å². The summed E-state index contributed by atoms with van der Waals surface area (Å²) < 4.78 is 22.9. The number of rotatable bonds is 3. The molecule has 3 N–H and O–H groups in total. The predicted molar refractivity (Wildman–Crippen MR) is 78.8 cm³/mol. The van der Waals surface area contributed by atoms with Crippen LogP contribution in [0.5, 0.6) is 0 Å². The lowest BCUT2D eigenvalue weighted by Crippen LogP contribution is -2.67. The van der Waals surface area contributed by atoms with Gasteiger partial charge in [0.15, 0.2) is 12.1 Å². The Bertz CT molecular complexity index is 493. The average molecular weight is 309 g/mol. The van der Waals surface area contributed by atoms with Crippen LogP contribution in [0.2, 0.25) is 0 Å². The van der Waals surface area contributed by atoms with Crippen LogP contribution in [-0.2, 0) is 25.6 Å². The third-order valence-electron chi connectivity index (χ3n) is 3.99. The van der Waals surface area contributed by atoms with E-state index in [1.165, 1.54) is 0 Å². The Hall–Kier alpha value is -1.02. The maximum absolute atomic E-state index is 10.4. The molecule has 2 heterocycles. The number of hydrogen-bond donors (Lipinski definition) is 2. The highest BCUT2D eigenvalue weighted by molar-refractivity contribution is 5.13. The minimum absolute atomic E-state index is 0.340. The lowest BCUT2D eigenvalue weighted by molar-refractivity contribution is -0.368. The first-order chi connectivity index (χ1) is 10.5. The Balaban J connectivity index is 1.63. The number of aliphatic hydroxyl groups is 1. The minimum Gasteiger partial charge on any atom is -0.388 e. The Labute approximate surface area is 130 Å². The van der Waals surface area contributed by atoms with Crippen molar-refractivity contribution in [3.63, 3.8) is 0 Å². The van der Waals surface area contributed by atoms with E-state index in [9.17, 15) is 5.11 Å². The van der Waals surface area contributed by atoms with Crippen LogP contribution < -0.4 is 5.73 Å². The molecule has 0 saturated carbocycles. The highest BCUT2D eigenvalue weighted by atomic mass is 16.8. The molecule has 2 aliphatic heterocycles. The van der Waals surface area contributed by atoms with Gasteiger partial charge in [-0.1, -0.05) is 30.3 Å². The number of hydrogen-bond acceptors (Lipinski definition) is 6. The van der Waals surface area contributed by atoms with Gasteiger partial charge in [-0.2, -0.15) is 0 Å². The Morgan fingerprint density at radius 3 is 2.77 bits per heavy atom. The second kappa shape index (κ2) is 6.23. The molecule has 0 radical (unpaired) electrons. The number of aliphatic hydroxyl groups excluding tert-OH is 1. The molecule has 1 aromatic carbocycles. The standard InChI is InChI=1S/C16H23NO5/c1-16(2)20-9-11-14(22-16)13(18)12(17)15(21-11)19-8-10-6-4-3-5-7-10/h3-7,11-15,18H,8-9,17H2,1-2H3/t11?,12?,13?,14-,15-/m1/s1. The molecule has 3 unspecified atom stereocenters. The summed E-state index contributed by atoms with van der Waals surface area (Å²) in [4.78, 5) is 0. The molecule has 6 nitrogen and oxygen atoms in total. The van der Waals surface area contributed by atoms with Gasteiger partial charge in [-0.05, 0) is 19.4 Å². The van der Waals surface area contributed by atoms with Gasteiger partial charge >= 0.3 is 0 Å². The summed E-state index contributed by atoms with van der Waals surface area (Å²) in [5, 5.41) is 10.4. The average Bonchev–Trinajstić information content (AvgIpc) is 2.51. The lowest BCUT2D eigenvalue weighted by Gasteiger charge is -2.49. The molecule has 2 saturated heterocycles. The molecular formula is C16H23NO5. The maximum Gasteiger partial charge on any atom is 0.176 e. The normalized spacial score (nSPS) is 37.5. The molecule has 0 amide bonds. The van der Waals surface area contributed by atoms with Gasteiger partial charge in [0.25, 0.3) is 0 Å². The number of nitrogens with two attached hydrogens (primary N) is 1. The molecule has 122 valence electrons. The molecule has 3 rings (SSSR count). The first-order valence-corrected chi connectivity index (χ1v) is 7.53. The quantitative estimate of drug-likeness (QED) is 0.858. The van der Waals surface area contributed by atoms with E-state index in [1.54, 1.807) is 13.8 Å². The molecule has 2 fully saturated rings. The van der Waals surface area contributed by atoms with Gasteiger partial charge < -0.3 is 29.8 Å². The van der Waals surface area contributed by atoms with E-state index < -0.39 is 30.3 Å². The molecule has 5 atom stereocenters. The van der Waals surface area contributed by atoms with Crippen molar-refractivity contribution in [1.29, 1.82) is 0 Å². The minimum atomic E-state index is -0.859. The van der Waals surface area contributed by atoms with E-state index in [4.69, 9.17) is 24.7 Å². The van der Waals surface area contributed by atoms with Crippen LogP contribution >= 0.6 is 0 Å². The van der Waals surface area contributed by atoms with Crippen LogP contribution in [-0.4, -0.2) is 48.1 Å². The summed E-state index contributed by atoms with van der Waals surface area (Å²) >= 11 is 0. The van der Waals surface area contributed by atoms with Crippen LogP contribution in [0.15, 0.2) is 30.3 Å². The molecule has 1 aromatic rings. The van der Waals surface area contributed by atoms with E-state index >= 15 is 0 Å². The van der Waals surface area contributed by atoms with E-state index in [0.29, 0.717) is 13.2 Å². The highest BCUT2D eigenvalue weighted by Crippen LogP contribution is 2.32. The Morgan fingerprint density at radius 2 is 2.05 bits per heavy atom. The second-order valence-electron chi connectivity index (χ2n) is 6.20. The number of benzene rings is 1. The third-order valence-corrected chi connectivity index (χ3v) is 3.99. The fourth-order valence-electron chi connectivity index (χ4n) is 2.77. The van der Waals surface area contributed by atoms with Gasteiger partial charge in [0.2, 0.25) is 0 Å². The fraction of sp³-hybridized carbons (Fsp3) is 0.625. The van der Waals surface area contributed by atoms with Crippen molar-refractivity contribution < 1.29 is 24.1 Å². The lowest BCUT2D eigenvalue weighted by atomic mass is 9.96. The Morgan fingerprint density at radius 1 is 1.32 bits per heavy atom. The van der Waals surface area contributed by atoms with Crippen LogP contribution in [0, 0.1) is 0 Å². The Kier molecular flexibility index (Phi) is 4.49. The number of fused-ring (bicyclic) bond motifs is 1. The van der Waals surface area contributed by atoms with E-state index in [2.05, 4.69) is 0 Å². The predicted octanol–water partition coefficient (Wildman–Crippen LogP) is 0.768. The topological polar surface area (TPSA) is 83.2 Å². The zero-order valence-corrected chi connectivity index (χ0v) is 12.8. The number of ether oxygens (including phenoxy) is 4. The van der Waals surface area contributed by atoms with Crippen molar-refractivity contribution in [3.8, 4) is 0 Å². The third kappa shape index (κ3) is 3.32. The summed E-state index contributed by atoms with van der Waals surface area (Å²) in [6, 6.07) is 9.08. The van der Waals surface area contributed by atoms with Crippen molar-refractivity contribution in [2.45, 2.75) is 56.9 Å². The van der Waals surface area contributed by atoms with Crippen LogP contribution in [0.4, 0.5) is 0 Å². The molecule has 0 bridgehead atoms. The van der Waals surface area contributed by atoms with Crippen molar-refractivity contribution >= 4 is 0 Å². The molecule has 0 aliphatic carbocycles. The van der Waals surface area contributed by atoms with Gasteiger partial charge in [0.05, 0.1) is 19.3 Å². The first kappa shape index (κ1) is 15.9. The molecule has 0 spiro atoms. The summed E-state index contributed by atoms with van der Waals surface area (Å²) in [7, 11) is 0. The monoisotopic (exact) mass is 309 g/mol. The largest absolute Gasteiger partial charge is 0.388 e. The summed E-state index contributed by atoms with van der Waals surface area (Å²) in [6.07, 6.45) is -2.44. The fourth-order valence-corrected chi connectivity index (χ4v) is 2.77. The van der Waals surface area contributed by atoms with E-state index in [-0.39, 0.29) is 6.10 Å². The molecular weight excluding hydrogens is 286 g/mol. The van der Waals surface area contributed by atoms with Crippen molar-refractivity contribution in [2.24, 2.45) is 5.73 Å². The summed E-state index contributed by atoms with van der Waals surface area (Å²) in [5.41, 5.74) is 7.08. The highest BCUT2D eigenvalue weighted by Gasteiger charge is 2.49. The molecule has 2 aliphatic rings. The smallest absolute Gasteiger partial charge is 0.176 e. The van der Waals surface area contributed by atoms with Crippen LogP contribution in [0.3, 0.4) is 0 Å². The van der Waals surface area contributed by atoms with Gasteiger partial charge in [0.1, 0.15) is 18.3 Å². The maximum atomic E-state index is 10.4. The van der Waals surface area contributed by atoms with Gasteiger partial charge in [0, 0.05) is 0 Å². The van der Waals surface area contributed by atoms with Gasteiger partial charge in [-0.15, -0.1) is 0 Å². The summed E-state index contributed by atoms with van der Waals surface area (Å²) in [6.45, 7) is 4.32. The zero-order valence-electron chi connectivity index (χ0n) is 12.8. The van der Waals surface area contributed by atoms with Gasteiger partial charge in [-0.25, -0.2) is 0 Å². The molecule has 6 heteroatoms. The van der Waals surface area contributed by atoms with Crippen molar-refractivity contribution in [1.82, 2.24) is 0 Å². The van der Waals surface area contributed by atoms with Crippen molar-refractivity contribution in [2.75, 3.05) is 6.61 Å². The second-order valence-corrected chi connectivity index (χ2v) is 6.20. The summed E-state index contributed by atoms with van der Waals surface area (Å²) in [5.74, 6) is -0.747. The molecule has 22 heavy (non-hydrogen) atoms. The van der Waals surface area contributed by atoms with Crippen molar-refractivity contribution in [3.05, 3.63) is 35.9 Å². The van der Waals surface area contributed by atoms with Crippen LogP contribution in [0.25, 0.3) is 0 Å². The van der Waals surface area contributed by atoms with E-state index in [1.807, 2.05) is 30.3 Å². The SMILES string of the molecule is CC1(C)OCC2O[C@@H](OCc3ccccc3)C(N)C(O)[C@@H]2O1. The zero-order chi connectivity index (χ0) is 15.7. The first-order valence-electron chi connectivity index (χ1n) is 7.53. The van der Waals surface area contributed by atoms with Crippen LogP contribution in [0.1, 0.15) is 19.4 Å². The van der Waals surface area contributed by atoms with Gasteiger partial charge in [-0.3, -0.25) is 0 Å².